The Morgan fingerprint density at radius 3 is 2.35 bits per heavy atom. The summed E-state index contributed by atoms with van der Waals surface area (Å²) in [6.45, 7) is 0. The van der Waals surface area contributed by atoms with E-state index in [-0.39, 0.29) is 5.91 Å². The standard InChI is InChI=1S/C15H8F3NOS3/c16-15(17,18)9-3-1-8(2-4-9)11-6-5-10(22-11)7-12-13(20)19-14(21)23-12/h1-7H,(H,19,20,21)/b12-7-. The maximum Gasteiger partial charge on any atom is 0.416 e. The third kappa shape index (κ3) is 3.65. The molecule has 0 unspecified atom stereocenters. The zero-order valence-corrected chi connectivity index (χ0v) is 13.8. The maximum absolute atomic E-state index is 12.6. The number of benzene rings is 1. The average Bonchev–Trinajstić information content (AvgIpc) is 3.06. The van der Waals surface area contributed by atoms with Gasteiger partial charge in [0.15, 0.2) is 0 Å². The van der Waals surface area contributed by atoms with Crippen molar-refractivity contribution in [2.75, 3.05) is 0 Å². The second-order valence-corrected chi connectivity index (χ2v) is 7.46. The Morgan fingerprint density at radius 2 is 1.78 bits per heavy atom. The molecule has 1 aromatic carbocycles. The Labute approximate surface area is 143 Å². The van der Waals surface area contributed by atoms with Crippen molar-refractivity contribution in [1.29, 1.82) is 0 Å². The quantitative estimate of drug-likeness (QED) is 0.600. The zero-order chi connectivity index (χ0) is 16.6. The number of carbonyl (C=O) groups is 1. The minimum absolute atomic E-state index is 0.232. The predicted octanol–water partition coefficient (Wildman–Crippen LogP) is 4.92. The van der Waals surface area contributed by atoms with E-state index in [2.05, 4.69) is 5.32 Å². The summed E-state index contributed by atoms with van der Waals surface area (Å²) < 4.78 is 38.1. The van der Waals surface area contributed by atoms with E-state index in [0.29, 0.717) is 14.8 Å². The van der Waals surface area contributed by atoms with Gasteiger partial charge in [0, 0.05) is 9.75 Å². The SMILES string of the molecule is O=C1NC(=S)S/C1=C\c1ccc(-c2ccc(C(F)(F)F)cc2)s1. The number of thiocarbonyl (C=S) groups is 1. The average molecular weight is 371 g/mol. The van der Waals surface area contributed by atoms with Crippen LogP contribution in [0.2, 0.25) is 0 Å². The van der Waals surface area contributed by atoms with Gasteiger partial charge in [-0.3, -0.25) is 4.79 Å². The molecule has 1 fully saturated rings. The lowest BCUT2D eigenvalue weighted by Crippen LogP contribution is -2.17. The summed E-state index contributed by atoms with van der Waals surface area (Å²) in [4.78, 5) is 13.8. The number of thiophene rings is 1. The van der Waals surface area contributed by atoms with Crippen LogP contribution in [-0.2, 0) is 11.0 Å². The normalized spacial score (nSPS) is 16.9. The molecule has 1 amide bonds. The minimum atomic E-state index is -4.34. The molecule has 23 heavy (non-hydrogen) atoms. The van der Waals surface area contributed by atoms with E-state index >= 15 is 0 Å². The topological polar surface area (TPSA) is 29.1 Å². The van der Waals surface area contributed by atoms with Gasteiger partial charge in [-0.25, -0.2) is 0 Å². The summed E-state index contributed by atoms with van der Waals surface area (Å²) in [5, 5.41) is 2.53. The molecule has 0 radical (unpaired) electrons. The lowest BCUT2D eigenvalue weighted by atomic mass is 10.1. The Hall–Kier alpha value is -1.64. The van der Waals surface area contributed by atoms with Gasteiger partial charge in [-0.2, -0.15) is 13.2 Å². The van der Waals surface area contributed by atoms with Gasteiger partial charge in [-0.1, -0.05) is 36.1 Å². The Balaban J connectivity index is 1.84. The molecule has 1 saturated heterocycles. The zero-order valence-electron chi connectivity index (χ0n) is 11.3. The van der Waals surface area contributed by atoms with Crippen molar-refractivity contribution >= 4 is 51.6 Å². The minimum Gasteiger partial charge on any atom is -0.307 e. The monoisotopic (exact) mass is 371 g/mol. The largest absolute Gasteiger partial charge is 0.416 e. The van der Waals surface area contributed by atoms with E-state index in [0.717, 1.165) is 21.9 Å². The van der Waals surface area contributed by atoms with Crippen LogP contribution in [0.4, 0.5) is 13.2 Å². The number of hydrogen-bond donors (Lipinski definition) is 1. The van der Waals surface area contributed by atoms with Crippen molar-refractivity contribution in [1.82, 2.24) is 5.32 Å². The van der Waals surface area contributed by atoms with Crippen LogP contribution in [0.3, 0.4) is 0 Å². The first-order valence-corrected chi connectivity index (χ1v) is 8.39. The summed E-state index contributed by atoms with van der Waals surface area (Å²) in [6, 6.07) is 8.64. The molecule has 8 heteroatoms. The van der Waals surface area contributed by atoms with Gasteiger partial charge in [0.1, 0.15) is 4.32 Å². The summed E-state index contributed by atoms with van der Waals surface area (Å²) in [7, 11) is 0. The van der Waals surface area contributed by atoms with Gasteiger partial charge in [0.25, 0.3) is 5.91 Å². The third-order valence-electron chi connectivity index (χ3n) is 3.04. The van der Waals surface area contributed by atoms with Gasteiger partial charge in [-0.05, 0) is 35.9 Å². The van der Waals surface area contributed by atoms with Crippen LogP contribution in [0.5, 0.6) is 0 Å². The van der Waals surface area contributed by atoms with Gasteiger partial charge in [-0.15, -0.1) is 11.3 Å². The van der Waals surface area contributed by atoms with Crippen molar-refractivity contribution < 1.29 is 18.0 Å². The van der Waals surface area contributed by atoms with E-state index < -0.39 is 11.7 Å². The number of halogens is 3. The van der Waals surface area contributed by atoms with Crippen molar-refractivity contribution in [3.05, 3.63) is 51.7 Å². The van der Waals surface area contributed by atoms with Gasteiger partial charge in [0.05, 0.1) is 10.5 Å². The molecular formula is C15H8F3NOS3. The van der Waals surface area contributed by atoms with Crippen LogP contribution in [0.1, 0.15) is 10.4 Å². The first-order chi connectivity index (χ1) is 10.8. The van der Waals surface area contributed by atoms with Crippen LogP contribution in [-0.4, -0.2) is 10.2 Å². The van der Waals surface area contributed by atoms with Gasteiger partial charge >= 0.3 is 6.18 Å². The van der Waals surface area contributed by atoms with Crippen molar-refractivity contribution in [2.45, 2.75) is 6.18 Å². The summed E-state index contributed by atoms with van der Waals surface area (Å²) in [5.41, 5.74) is 0.0272. The molecule has 1 aliphatic heterocycles. The number of nitrogens with one attached hydrogen (secondary N) is 1. The molecule has 0 atom stereocenters. The van der Waals surface area contributed by atoms with Crippen LogP contribution in [0.25, 0.3) is 16.5 Å². The molecule has 0 spiro atoms. The maximum atomic E-state index is 12.6. The Bertz CT molecular complexity index is 806. The molecular weight excluding hydrogens is 363 g/mol. The van der Waals surface area contributed by atoms with Crippen LogP contribution < -0.4 is 5.32 Å². The molecule has 2 nitrogen and oxygen atoms in total. The smallest absolute Gasteiger partial charge is 0.307 e. The van der Waals surface area contributed by atoms with E-state index in [1.165, 1.54) is 35.2 Å². The van der Waals surface area contributed by atoms with E-state index in [1.807, 2.05) is 12.1 Å². The number of thioether (sulfide) groups is 1. The summed E-state index contributed by atoms with van der Waals surface area (Å²) in [6.07, 6.45) is -2.62. The first kappa shape index (κ1) is 16.2. The highest BCUT2D eigenvalue weighted by atomic mass is 32.2. The highest BCUT2D eigenvalue weighted by Gasteiger charge is 2.30. The fourth-order valence-corrected chi connectivity index (χ4v) is 4.03. The van der Waals surface area contributed by atoms with Crippen molar-refractivity contribution in [2.24, 2.45) is 0 Å². The second-order valence-electron chi connectivity index (χ2n) is 4.63. The van der Waals surface area contributed by atoms with Crippen molar-refractivity contribution in [3.63, 3.8) is 0 Å². The van der Waals surface area contributed by atoms with E-state index in [1.54, 1.807) is 6.08 Å². The molecule has 2 heterocycles. The lowest BCUT2D eigenvalue weighted by Gasteiger charge is -2.06. The molecule has 0 bridgehead atoms. The van der Waals surface area contributed by atoms with Crippen LogP contribution in [0, 0.1) is 0 Å². The Kier molecular flexibility index (Phi) is 4.31. The highest BCUT2D eigenvalue weighted by Crippen LogP contribution is 2.34. The second kappa shape index (κ2) is 6.10. The van der Waals surface area contributed by atoms with E-state index in [9.17, 15) is 18.0 Å². The van der Waals surface area contributed by atoms with Gasteiger partial charge < -0.3 is 5.32 Å². The number of carbonyl (C=O) groups excluding carboxylic acids is 1. The van der Waals surface area contributed by atoms with Crippen molar-refractivity contribution in [3.8, 4) is 10.4 Å². The van der Waals surface area contributed by atoms with E-state index in [4.69, 9.17) is 12.2 Å². The number of amides is 1. The molecule has 118 valence electrons. The lowest BCUT2D eigenvalue weighted by molar-refractivity contribution is -0.137. The third-order valence-corrected chi connectivity index (χ3v) is 5.28. The molecule has 1 aliphatic rings. The number of rotatable bonds is 2. The highest BCUT2D eigenvalue weighted by molar-refractivity contribution is 8.26. The number of alkyl halides is 3. The van der Waals surface area contributed by atoms with Crippen LogP contribution in [0.15, 0.2) is 41.3 Å². The Morgan fingerprint density at radius 1 is 1.09 bits per heavy atom. The fourth-order valence-electron chi connectivity index (χ4n) is 1.96. The molecule has 1 N–H and O–H groups in total. The number of hydrogen-bond acceptors (Lipinski definition) is 4. The molecule has 2 aromatic rings. The molecule has 0 saturated carbocycles. The molecule has 1 aromatic heterocycles. The summed E-state index contributed by atoms with van der Waals surface area (Å²) in [5.74, 6) is -0.232. The fraction of sp³-hybridized carbons (Fsp3) is 0.0667. The van der Waals surface area contributed by atoms with Gasteiger partial charge in [0.2, 0.25) is 0 Å². The predicted molar refractivity (Wildman–Crippen MR) is 91.1 cm³/mol. The van der Waals surface area contributed by atoms with Crippen LogP contribution >= 0.6 is 35.3 Å². The summed E-state index contributed by atoms with van der Waals surface area (Å²) >= 11 is 7.50. The molecule has 0 aliphatic carbocycles. The first-order valence-electron chi connectivity index (χ1n) is 6.35. The molecule has 3 rings (SSSR count).